The second-order valence-electron chi connectivity index (χ2n) is 33.1. The van der Waals surface area contributed by atoms with Crippen LogP contribution in [0.5, 0.6) is 0 Å². The van der Waals surface area contributed by atoms with Crippen molar-refractivity contribution in [2.75, 3.05) is 0 Å². The summed E-state index contributed by atoms with van der Waals surface area (Å²) in [6.07, 6.45) is 15.8. The number of nitrogens with zero attached hydrogens (tertiary/aromatic N) is 8. The first-order valence-electron chi connectivity index (χ1n) is 44.7. The molecular weight excluding hydrogens is 1360 g/mol. The minimum Gasteiger partial charge on any atom is -0.237 e. The van der Waals surface area contributed by atoms with Gasteiger partial charge in [0, 0.05) is 49.9 Å². The molecule has 4 aromatic heterocycles. The molecule has 0 saturated heterocycles. The van der Waals surface area contributed by atoms with Crippen molar-refractivity contribution in [1.82, 2.24) is 18.3 Å². The molecule has 0 saturated carbocycles. The van der Waals surface area contributed by atoms with Gasteiger partial charge in [-0.2, -0.15) is 32.0 Å². The highest BCUT2D eigenvalue weighted by atomic mass is 15.2. The zero-order valence-electron chi connectivity index (χ0n) is 81.2. The standard InChI is InChI=1S/C34H35N2.C33H33N2.C21H25N2.C16H23N2/c1-24-13-10-16-28(23-24)30-18-11-17-29(27-14-8-7-9-15-27)33(30)36-22-21-35(26(36)3)32-20-12-19-31(25(32)2)34(4,5)6;1-24-30(33(3,4)5)20-13-21-31(24)34-22-23-35(25(34)2)32-28(26-14-8-6-9-15-26)18-12-19-29(32)27-16-10-7-11-17-27;1-16-19(21(3,4)5)12-9-13-20(16)23-15-14-22(17(23)2)18-10-7-6-8-11-18;1-12-14(16(3,4)5)8-7-9-15(12)18-11-10-17(6)13(18)2/h7-23H,1-6H3;6-23H,1-5H3;6-15H,1-5H3;7-11H,1-6H3/q4*+1/i7D,8D,9D,10D,13D,14D,15D,16D,23D;;;6D3. The van der Waals surface area contributed by atoms with Gasteiger partial charge in [-0.05, 0) is 159 Å². The van der Waals surface area contributed by atoms with Gasteiger partial charge < -0.3 is 0 Å². The van der Waals surface area contributed by atoms with Gasteiger partial charge in [-0.1, -0.05) is 307 Å². The Hall–Kier alpha value is -11.7. The number of hydrogen-bond donors (Lipinski definition) is 0. The van der Waals surface area contributed by atoms with Crippen LogP contribution >= 0.6 is 0 Å². The maximum absolute atomic E-state index is 8.93. The first kappa shape index (κ1) is 65.0. The molecule has 0 radical (unpaired) electrons. The molecule has 8 heteroatoms. The molecule has 0 aliphatic rings. The number of para-hydroxylation sites is 3. The second kappa shape index (κ2) is 33.1. The van der Waals surface area contributed by atoms with Crippen molar-refractivity contribution in [2.45, 2.75) is 167 Å². The van der Waals surface area contributed by atoms with Crippen LogP contribution in [0.2, 0.25) is 0 Å². The van der Waals surface area contributed by atoms with E-state index >= 15 is 0 Å². The molecule has 568 valence electrons. The number of aryl methyl sites for hydroxylation is 1. The van der Waals surface area contributed by atoms with Crippen molar-refractivity contribution in [3.05, 3.63) is 378 Å². The summed E-state index contributed by atoms with van der Waals surface area (Å²) in [6, 6.07) is 66.0. The van der Waals surface area contributed by atoms with E-state index in [2.05, 4.69) is 319 Å². The number of imidazole rings is 4. The lowest BCUT2D eigenvalue weighted by Crippen LogP contribution is -2.34. The molecule has 0 aliphatic carbocycles. The molecule has 0 aliphatic heterocycles. The molecule has 0 fully saturated rings. The van der Waals surface area contributed by atoms with Gasteiger partial charge in [0.25, 0.3) is 23.3 Å². The molecule has 0 unspecified atom stereocenters. The van der Waals surface area contributed by atoms with Crippen molar-refractivity contribution >= 4 is 0 Å². The van der Waals surface area contributed by atoms with Gasteiger partial charge in [0.1, 0.15) is 89.4 Å². The Morgan fingerprint density at radius 1 is 0.295 bits per heavy atom. The summed E-state index contributed by atoms with van der Waals surface area (Å²) in [6.45, 7) is 42.9. The lowest BCUT2D eigenvalue weighted by molar-refractivity contribution is -0.677. The van der Waals surface area contributed by atoms with E-state index in [0.717, 1.165) is 22.8 Å². The maximum atomic E-state index is 8.93. The predicted octanol–water partition coefficient (Wildman–Crippen LogP) is 24.2. The van der Waals surface area contributed by atoms with Crippen LogP contribution in [0.15, 0.2) is 304 Å². The topological polar surface area (TPSA) is 35.2 Å². The number of aromatic nitrogens is 8. The van der Waals surface area contributed by atoms with E-state index in [1.807, 2.05) is 76.5 Å². The van der Waals surface area contributed by atoms with Crippen molar-refractivity contribution in [3.8, 4) is 84.3 Å². The van der Waals surface area contributed by atoms with Gasteiger partial charge in [-0.15, -0.1) is 0 Å². The Morgan fingerprint density at radius 2 is 0.643 bits per heavy atom. The average molecular weight is 1490 g/mol. The first-order chi connectivity index (χ1) is 58.3. The SMILES string of the molecule is Cc1c(-[n+]2ccn(-c3ccccc3)c2C)cccc1C(C)(C)C.Cc1c(-n2cc[n+](-c3c(-c4ccccc4)cccc3-c3ccccc3)c2C)cccc1C(C)(C)C.[2H]C([2H])([2H])[n+]1ccn(-c2cccc(C(C)(C)C)c2C)c1C.[2H]c1c([2H])c([2H])c(-c2cccc(-c3c([2H])c([2H])c([2H])c(C)c3[2H])c2-[n+]2ccn(-c3cccc(C(C)(C)C)c3C)c2C)c([2H])c1[2H]. The molecule has 112 heavy (non-hydrogen) atoms. The van der Waals surface area contributed by atoms with Crippen LogP contribution in [0.3, 0.4) is 0 Å². The van der Waals surface area contributed by atoms with Crippen LogP contribution in [0, 0.1) is 62.3 Å². The van der Waals surface area contributed by atoms with Crippen LogP contribution < -0.4 is 18.3 Å². The third-order valence-corrected chi connectivity index (χ3v) is 21.3. The predicted molar refractivity (Wildman–Crippen MR) is 468 cm³/mol. The monoisotopic (exact) mass is 1490 g/mol. The zero-order valence-corrected chi connectivity index (χ0v) is 69.2. The molecule has 8 nitrogen and oxygen atoms in total. The summed E-state index contributed by atoms with van der Waals surface area (Å²) < 4.78 is 116. The summed E-state index contributed by atoms with van der Waals surface area (Å²) in [5.74, 6) is 3.79. The van der Waals surface area contributed by atoms with E-state index in [-0.39, 0.29) is 74.6 Å². The molecule has 0 amide bonds. The third kappa shape index (κ3) is 16.9. The molecule has 4 heterocycles. The Balaban J connectivity index is 0.000000158. The highest BCUT2D eigenvalue weighted by molar-refractivity contribution is 5.84. The summed E-state index contributed by atoms with van der Waals surface area (Å²) in [4.78, 5) is 0. The lowest BCUT2D eigenvalue weighted by atomic mass is 9.83. The van der Waals surface area contributed by atoms with Crippen molar-refractivity contribution in [2.24, 2.45) is 6.98 Å². The van der Waals surface area contributed by atoms with Gasteiger partial charge in [-0.3, -0.25) is 0 Å². The average Bonchev–Trinajstić information content (AvgIpc) is 1.17. The quantitative estimate of drug-likeness (QED) is 0.116. The fourth-order valence-electron chi connectivity index (χ4n) is 15.7. The van der Waals surface area contributed by atoms with Crippen molar-refractivity contribution in [1.29, 1.82) is 0 Å². The van der Waals surface area contributed by atoms with Crippen LogP contribution in [-0.2, 0) is 28.6 Å². The van der Waals surface area contributed by atoms with Gasteiger partial charge in [0.2, 0.25) is 0 Å². The van der Waals surface area contributed by atoms with E-state index < -0.39 is 25.1 Å². The molecule has 0 atom stereocenters. The van der Waals surface area contributed by atoms with Crippen LogP contribution in [0.25, 0.3) is 84.3 Å². The Kier molecular flexibility index (Phi) is 19.2. The summed E-state index contributed by atoms with van der Waals surface area (Å²) in [7, 11) is 0. The number of rotatable bonds is 11. The second-order valence-corrected chi connectivity index (χ2v) is 33.1. The Labute approximate surface area is 685 Å². The largest absolute Gasteiger partial charge is 0.263 e. The number of hydrogen-bond acceptors (Lipinski definition) is 0. The molecule has 11 aromatic carbocycles. The molecule has 15 rings (SSSR count). The minimum atomic E-state index is -2.15. The van der Waals surface area contributed by atoms with Crippen molar-refractivity contribution in [3.63, 3.8) is 0 Å². The highest BCUT2D eigenvalue weighted by Gasteiger charge is 2.31. The van der Waals surface area contributed by atoms with Gasteiger partial charge in [-0.25, -0.2) is 4.57 Å². The fourth-order valence-corrected chi connectivity index (χ4v) is 15.7. The van der Waals surface area contributed by atoms with Gasteiger partial charge >= 0.3 is 0 Å². The van der Waals surface area contributed by atoms with Gasteiger partial charge in [0.15, 0.2) is 0 Å². The molecule has 0 spiro atoms. The number of benzene rings is 11. The summed E-state index contributed by atoms with van der Waals surface area (Å²) >= 11 is 0. The van der Waals surface area contributed by atoms with E-state index in [4.69, 9.17) is 16.4 Å². The maximum Gasteiger partial charge on any atom is 0.263 e. The minimum absolute atomic E-state index is 0.0126. The van der Waals surface area contributed by atoms with E-state index in [1.54, 1.807) is 31.3 Å². The fraction of sp³-hybridized carbons (Fsp3) is 0.250. The van der Waals surface area contributed by atoms with E-state index in [1.165, 1.54) is 100 Å². The molecule has 15 aromatic rings. The van der Waals surface area contributed by atoms with Crippen LogP contribution in [0.4, 0.5) is 0 Å². The molecular formula is C104H116N8+4. The van der Waals surface area contributed by atoms with Gasteiger partial charge in [0.05, 0.1) is 23.4 Å². The lowest BCUT2D eigenvalue weighted by Gasteiger charge is -2.22. The highest BCUT2D eigenvalue weighted by Crippen LogP contribution is 2.39. The zero-order chi connectivity index (χ0) is 90.5. The summed E-state index contributed by atoms with van der Waals surface area (Å²) in [5, 5.41) is 0. The van der Waals surface area contributed by atoms with Crippen molar-refractivity contribution < 1.29 is 34.7 Å². The third-order valence-electron chi connectivity index (χ3n) is 21.3. The smallest absolute Gasteiger partial charge is 0.237 e. The first-order valence-corrected chi connectivity index (χ1v) is 38.7. The van der Waals surface area contributed by atoms with E-state index in [0.29, 0.717) is 22.6 Å². The molecule has 0 bridgehead atoms. The van der Waals surface area contributed by atoms with Crippen LogP contribution in [-0.4, -0.2) is 18.3 Å². The molecule has 0 N–H and O–H groups in total. The van der Waals surface area contributed by atoms with E-state index in [9.17, 15) is 0 Å². The Morgan fingerprint density at radius 3 is 1.07 bits per heavy atom. The normalized spacial score (nSPS) is 13.3. The summed E-state index contributed by atoms with van der Waals surface area (Å²) in [5.41, 5.74) is 23.6. The Bertz CT molecular complexity index is 6270. The van der Waals surface area contributed by atoms with Crippen LogP contribution in [0.1, 0.15) is 173 Å².